The fourth-order valence-corrected chi connectivity index (χ4v) is 2.49. The molecule has 4 heteroatoms. The average molecular weight is 311 g/mol. The van der Waals surface area contributed by atoms with Crippen molar-refractivity contribution in [3.05, 3.63) is 22.7 Å². The molecule has 2 rings (SSSR count). The van der Waals surface area contributed by atoms with E-state index in [9.17, 15) is 4.79 Å². The summed E-state index contributed by atoms with van der Waals surface area (Å²) < 4.78 is 1.03. The van der Waals surface area contributed by atoms with E-state index in [0.717, 1.165) is 28.8 Å². The minimum atomic E-state index is -0.154. The molecule has 1 heterocycles. The van der Waals surface area contributed by atoms with Gasteiger partial charge in [0.1, 0.15) is 6.04 Å². The van der Waals surface area contributed by atoms with Gasteiger partial charge in [-0.25, -0.2) is 0 Å². The molecule has 1 aliphatic rings. The van der Waals surface area contributed by atoms with Crippen LogP contribution in [0.2, 0.25) is 0 Å². The first kappa shape index (κ1) is 13.4. The van der Waals surface area contributed by atoms with Crippen molar-refractivity contribution in [2.75, 3.05) is 16.8 Å². The van der Waals surface area contributed by atoms with Crippen molar-refractivity contribution >= 4 is 33.2 Å². The number of hydrogen-bond donors (Lipinski definition) is 1. The highest BCUT2D eigenvalue weighted by Gasteiger charge is 2.29. The van der Waals surface area contributed by atoms with Crippen molar-refractivity contribution in [2.24, 2.45) is 5.92 Å². The number of carbonyl (C=O) groups excluding carboxylic acids is 1. The Morgan fingerprint density at radius 3 is 2.83 bits per heavy atom. The van der Waals surface area contributed by atoms with Crippen LogP contribution in [0, 0.1) is 5.92 Å². The summed E-state index contributed by atoms with van der Waals surface area (Å²) in [5, 5.41) is 3.25. The van der Waals surface area contributed by atoms with Gasteiger partial charge in [0.15, 0.2) is 0 Å². The van der Waals surface area contributed by atoms with E-state index in [-0.39, 0.29) is 11.9 Å². The predicted molar refractivity (Wildman–Crippen MR) is 79.0 cm³/mol. The standard InChI is InChI=1S/C14H19BrN2O/c1-9(2)6-7-17-13-5-4-11(15)8-12(13)16-10(3)14(17)18/h4-5,8-10,16H,6-7H2,1-3H3. The minimum absolute atomic E-state index is 0.154. The molecular weight excluding hydrogens is 292 g/mol. The van der Waals surface area contributed by atoms with Gasteiger partial charge in [-0.1, -0.05) is 29.8 Å². The van der Waals surface area contributed by atoms with Crippen molar-refractivity contribution in [1.82, 2.24) is 0 Å². The molecule has 0 saturated heterocycles. The largest absolute Gasteiger partial charge is 0.372 e. The maximum atomic E-state index is 12.2. The molecule has 0 bridgehead atoms. The second-order valence-electron chi connectivity index (χ2n) is 5.20. The zero-order chi connectivity index (χ0) is 13.3. The van der Waals surface area contributed by atoms with E-state index >= 15 is 0 Å². The molecule has 3 nitrogen and oxygen atoms in total. The quantitative estimate of drug-likeness (QED) is 0.924. The number of nitrogens with zero attached hydrogens (tertiary/aromatic N) is 1. The lowest BCUT2D eigenvalue weighted by molar-refractivity contribution is -0.119. The summed E-state index contributed by atoms with van der Waals surface area (Å²) in [6.07, 6.45) is 1.02. The van der Waals surface area contributed by atoms with Crippen molar-refractivity contribution < 1.29 is 4.79 Å². The fourth-order valence-electron chi connectivity index (χ4n) is 2.12. The maximum absolute atomic E-state index is 12.2. The smallest absolute Gasteiger partial charge is 0.249 e. The fraction of sp³-hybridized carbons (Fsp3) is 0.500. The molecule has 1 aromatic carbocycles. The van der Waals surface area contributed by atoms with Crippen LogP contribution in [-0.2, 0) is 4.79 Å². The van der Waals surface area contributed by atoms with Gasteiger partial charge in [0.05, 0.1) is 11.4 Å². The van der Waals surface area contributed by atoms with Crippen LogP contribution in [0.15, 0.2) is 22.7 Å². The number of halogens is 1. The first-order chi connectivity index (χ1) is 8.49. The summed E-state index contributed by atoms with van der Waals surface area (Å²) in [5.74, 6) is 0.757. The van der Waals surface area contributed by atoms with Crippen LogP contribution < -0.4 is 10.2 Å². The van der Waals surface area contributed by atoms with Gasteiger partial charge in [0.2, 0.25) is 5.91 Å². The molecule has 18 heavy (non-hydrogen) atoms. The van der Waals surface area contributed by atoms with E-state index in [1.807, 2.05) is 30.0 Å². The Labute approximate surface area is 117 Å². The molecule has 98 valence electrons. The minimum Gasteiger partial charge on any atom is -0.372 e. The highest BCUT2D eigenvalue weighted by Crippen LogP contribution is 2.34. The van der Waals surface area contributed by atoms with Gasteiger partial charge < -0.3 is 10.2 Å². The SMILES string of the molecule is CC(C)CCN1C(=O)C(C)Nc2cc(Br)ccc21. The second kappa shape index (κ2) is 5.31. The third kappa shape index (κ3) is 2.69. The number of amides is 1. The van der Waals surface area contributed by atoms with Crippen molar-refractivity contribution in [3.8, 4) is 0 Å². The van der Waals surface area contributed by atoms with Crippen LogP contribution in [0.25, 0.3) is 0 Å². The zero-order valence-corrected chi connectivity index (χ0v) is 12.6. The Hall–Kier alpha value is -1.03. The number of carbonyl (C=O) groups is 1. The van der Waals surface area contributed by atoms with Crippen LogP contribution in [0.1, 0.15) is 27.2 Å². The Bertz CT molecular complexity index is 459. The summed E-state index contributed by atoms with van der Waals surface area (Å²) in [6, 6.07) is 5.85. The van der Waals surface area contributed by atoms with E-state index in [1.165, 1.54) is 0 Å². The van der Waals surface area contributed by atoms with E-state index < -0.39 is 0 Å². The van der Waals surface area contributed by atoms with Gasteiger partial charge in [0, 0.05) is 11.0 Å². The second-order valence-corrected chi connectivity index (χ2v) is 6.12. The van der Waals surface area contributed by atoms with E-state index in [2.05, 4.69) is 35.1 Å². The summed E-state index contributed by atoms with van der Waals surface area (Å²) in [4.78, 5) is 14.1. The highest BCUT2D eigenvalue weighted by molar-refractivity contribution is 9.10. The summed E-state index contributed by atoms with van der Waals surface area (Å²) >= 11 is 3.46. The van der Waals surface area contributed by atoms with Gasteiger partial charge in [-0.3, -0.25) is 4.79 Å². The first-order valence-corrected chi connectivity index (χ1v) is 7.16. The molecule has 1 unspecified atom stereocenters. The lowest BCUT2D eigenvalue weighted by atomic mass is 10.1. The predicted octanol–water partition coefficient (Wildman–Crippen LogP) is 3.64. The molecule has 1 N–H and O–H groups in total. The monoisotopic (exact) mass is 310 g/mol. The lowest BCUT2D eigenvalue weighted by Gasteiger charge is -2.34. The molecule has 1 atom stereocenters. The van der Waals surface area contributed by atoms with Crippen LogP contribution >= 0.6 is 15.9 Å². The third-order valence-corrected chi connectivity index (χ3v) is 3.68. The molecule has 0 radical (unpaired) electrons. The first-order valence-electron chi connectivity index (χ1n) is 6.36. The summed E-state index contributed by atoms with van der Waals surface area (Å²) in [5.41, 5.74) is 2.02. The number of fused-ring (bicyclic) bond motifs is 1. The topological polar surface area (TPSA) is 32.3 Å². The van der Waals surface area contributed by atoms with E-state index in [0.29, 0.717) is 5.92 Å². The zero-order valence-electron chi connectivity index (χ0n) is 11.0. The molecule has 1 amide bonds. The van der Waals surface area contributed by atoms with Crippen LogP contribution in [-0.4, -0.2) is 18.5 Å². The van der Waals surface area contributed by atoms with Gasteiger partial charge in [0.25, 0.3) is 0 Å². The van der Waals surface area contributed by atoms with Crippen molar-refractivity contribution in [3.63, 3.8) is 0 Å². The van der Waals surface area contributed by atoms with Crippen LogP contribution in [0.4, 0.5) is 11.4 Å². The van der Waals surface area contributed by atoms with Gasteiger partial charge >= 0.3 is 0 Å². The number of benzene rings is 1. The Morgan fingerprint density at radius 2 is 2.17 bits per heavy atom. The number of anilines is 2. The molecule has 0 aromatic heterocycles. The third-order valence-electron chi connectivity index (χ3n) is 3.19. The molecule has 1 aliphatic heterocycles. The number of nitrogens with one attached hydrogen (secondary N) is 1. The summed E-state index contributed by atoms with van der Waals surface area (Å²) in [7, 11) is 0. The molecular formula is C14H19BrN2O. The van der Waals surface area contributed by atoms with Crippen LogP contribution in [0.5, 0.6) is 0 Å². The Kier molecular flexibility index (Phi) is 3.95. The average Bonchev–Trinajstić information content (AvgIpc) is 2.29. The Balaban J connectivity index is 2.30. The maximum Gasteiger partial charge on any atom is 0.249 e. The van der Waals surface area contributed by atoms with E-state index in [4.69, 9.17) is 0 Å². The van der Waals surface area contributed by atoms with Gasteiger partial charge in [-0.2, -0.15) is 0 Å². The van der Waals surface area contributed by atoms with Gasteiger partial charge in [-0.05, 0) is 37.5 Å². The molecule has 0 spiro atoms. The van der Waals surface area contributed by atoms with Crippen LogP contribution in [0.3, 0.4) is 0 Å². The van der Waals surface area contributed by atoms with Crippen molar-refractivity contribution in [2.45, 2.75) is 33.2 Å². The normalized spacial score (nSPS) is 18.8. The number of hydrogen-bond acceptors (Lipinski definition) is 2. The number of rotatable bonds is 3. The molecule has 0 saturated carbocycles. The van der Waals surface area contributed by atoms with E-state index in [1.54, 1.807) is 0 Å². The lowest BCUT2D eigenvalue weighted by Crippen LogP contribution is -2.46. The molecule has 0 aliphatic carbocycles. The summed E-state index contributed by atoms with van der Waals surface area (Å²) in [6.45, 7) is 7.06. The van der Waals surface area contributed by atoms with Gasteiger partial charge in [-0.15, -0.1) is 0 Å². The molecule has 1 aromatic rings. The van der Waals surface area contributed by atoms with Crippen molar-refractivity contribution in [1.29, 1.82) is 0 Å². The molecule has 0 fully saturated rings. The highest BCUT2D eigenvalue weighted by atomic mass is 79.9. The Morgan fingerprint density at radius 1 is 1.44 bits per heavy atom.